The maximum Gasteiger partial charge on any atom is 0.424 e. The van der Waals surface area contributed by atoms with Gasteiger partial charge in [0.1, 0.15) is 11.0 Å². The second kappa shape index (κ2) is 8.40. The van der Waals surface area contributed by atoms with Crippen LogP contribution in [0.15, 0.2) is 95.5 Å². The third kappa shape index (κ3) is 3.69. The van der Waals surface area contributed by atoms with Crippen LogP contribution < -0.4 is 9.64 Å². The van der Waals surface area contributed by atoms with Crippen LogP contribution in [0.1, 0.15) is 5.56 Å². The fraction of sp³-hybridized carbons (Fsp3) is 0.0385. The van der Waals surface area contributed by atoms with E-state index < -0.39 is 6.09 Å². The van der Waals surface area contributed by atoms with Crippen molar-refractivity contribution in [3.63, 3.8) is 0 Å². The van der Waals surface area contributed by atoms with E-state index in [0.29, 0.717) is 28.2 Å². The number of rotatable bonds is 3. The molecule has 6 heteroatoms. The number of halogens is 1. The molecule has 0 saturated carbocycles. The molecule has 0 radical (unpaired) electrons. The van der Waals surface area contributed by atoms with Crippen molar-refractivity contribution in [1.82, 2.24) is 9.97 Å². The van der Waals surface area contributed by atoms with E-state index in [2.05, 4.69) is 15.9 Å². The summed E-state index contributed by atoms with van der Waals surface area (Å²) in [5.74, 6) is 0.392. The van der Waals surface area contributed by atoms with Crippen LogP contribution in [0.25, 0.3) is 22.1 Å². The summed E-state index contributed by atoms with van der Waals surface area (Å²) < 4.78 is 6.79. The van der Waals surface area contributed by atoms with E-state index in [1.807, 2.05) is 97.9 Å². The maximum atomic E-state index is 13.5. The van der Waals surface area contributed by atoms with Gasteiger partial charge in [0.05, 0.1) is 22.4 Å². The van der Waals surface area contributed by atoms with E-state index in [9.17, 15) is 4.79 Å². The maximum absolute atomic E-state index is 13.5. The first-order valence-electron chi connectivity index (χ1n) is 10.1. The molecule has 5 nitrogen and oxygen atoms in total. The summed E-state index contributed by atoms with van der Waals surface area (Å²) in [5.41, 5.74) is 4.88. The zero-order valence-corrected chi connectivity index (χ0v) is 18.8. The second-order valence-electron chi connectivity index (χ2n) is 7.29. The third-order valence-corrected chi connectivity index (χ3v) is 5.72. The molecule has 0 saturated heterocycles. The number of aromatic nitrogens is 2. The average molecular weight is 484 g/mol. The molecule has 1 aromatic heterocycles. The summed E-state index contributed by atoms with van der Waals surface area (Å²) in [6, 6.07) is 28.4. The minimum Gasteiger partial charge on any atom is -0.407 e. The molecule has 0 N–H and O–H groups in total. The van der Waals surface area contributed by atoms with E-state index in [1.54, 1.807) is 4.90 Å². The molecule has 0 aliphatic heterocycles. The Morgan fingerprint density at radius 1 is 0.781 bits per heavy atom. The first-order chi connectivity index (χ1) is 15.6. The summed E-state index contributed by atoms with van der Waals surface area (Å²) >= 11 is 3.58. The standard InChI is InChI=1S/C26H18BrN3O2/c1-17-16-20(27)23-24(29-22-15-9-8-14-21(22)28-23)25(17)32-26(31)30(18-10-4-2-5-11-18)19-12-6-3-7-13-19/h2-16H,1H3. The van der Waals surface area contributed by atoms with Crippen molar-refractivity contribution in [1.29, 1.82) is 0 Å². The van der Waals surface area contributed by atoms with Crippen LogP contribution in [-0.4, -0.2) is 16.1 Å². The van der Waals surface area contributed by atoms with Gasteiger partial charge in [-0.1, -0.05) is 48.5 Å². The molecule has 4 aromatic carbocycles. The quantitative estimate of drug-likeness (QED) is 0.254. The lowest BCUT2D eigenvalue weighted by Gasteiger charge is -2.23. The zero-order valence-electron chi connectivity index (χ0n) is 17.2. The number of aryl methyl sites for hydroxylation is 1. The Labute approximate surface area is 193 Å². The van der Waals surface area contributed by atoms with Crippen molar-refractivity contribution >= 4 is 55.5 Å². The Balaban J connectivity index is 1.64. The lowest BCUT2D eigenvalue weighted by atomic mass is 10.1. The molecule has 0 spiro atoms. The first-order valence-corrected chi connectivity index (χ1v) is 10.9. The molecule has 0 bridgehead atoms. The lowest BCUT2D eigenvalue weighted by molar-refractivity contribution is 0.210. The van der Waals surface area contributed by atoms with E-state index in [-0.39, 0.29) is 0 Å². The van der Waals surface area contributed by atoms with Crippen LogP contribution in [-0.2, 0) is 0 Å². The number of hydrogen-bond donors (Lipinski definition) is 0. The van der Waals surface area contributed by atoms with Gasteiger partial charge in [0.25, 0.3) is 0 Å². The van der Waals surface area contributed by atoms with Crippen LogP contribution in [0.4, 0.5) is 16.2 Å². The van der Waals surface area contributed by atoms with E-state index in [4.69, 9.17) is 14.7 Å². The summed E-state index contributed by atoms with van der Waals surface area (Å²) in [7, 11) is 0. The van der Waals surface area contributed by atoms with Crippen LogP contribution in [0, 0.1) is 6.92 Å². The van der Waals surface area contributed by atoms with Gasteiger partial charge in [0.2, 0.25) is 0 Å². The molecule has 0 aliphatic carbocycles. The van der Waals surface area contributed by atoms with Gasteiger partial charge >= 0.3 is 6.09 Å². The Bertz CT molecular complexity index is 1400. The van der Waals surface area contributed by atoms with Crippen molar-refractivity contribution in [2.75, 3.05) is 4.90 Å². The fourth-order valence-electron chi connectivity index (χ4n) is 3.61. The molecule has 5 rings (SSSR count). The predicted octanol–water partition coefficient (Wildman–Crippen LogP) is 7.19. The van der Waals surface area contributed by atoms with Crippen molar-refractivity contribution in [2.45, 2.75) is 6.92 Å². The van der Waals surface area contributed by atoms with Gasteiger partial charge in [0.15, 0.2) is 5.75 Å². The summed E-state index contributed by atoms with van der Waals surface area (Å²) in [5, 5.41) is 0. The highest BCUT2D eigenvalue weighted by molar-refractivity contribution is 9.10. The van der Waals surface area contributed by atoms with Gasteiger partial charge in [0, 0.05) is 4.47 Å². The summed E-state index contributed by atoms with van der Waals surface area (Å²) in [4.78, 5) is 24.5. The smallest absolute Gasteiger partial charge is 0.407 e. The van der Waals surface area contributed by atoms with Crippen LogP contribution in [0.3, 0.4) is 0 Å². The molecule has 0 atom stereocenters. The van der Waals surface area contributed by atoms with Crippen molar-refractivity contribution in [2.24, 2.45) is 0 Å². The number of anilines is 2. The van der Waals surface area contributed by atoms with Crippen LogP contribution >= 0.6 is 15.9 Å². The third-order valence-electron chi connectivity index (χ3n) is 5.11. The highest BCUT2D eigenvalue weighted by Crippen LogP contribution is 2.35. The number of amides is 1. The van der Waals surface area contributed by atoms with Crippen LogP contribution in [0.5, 0.6) is 5.75 Å². The lowest BCUT2D eigenvalue weighted by Crippen LogP contribution is -2.29. The number of carbonyl (C=O) groups excluding carboxylic acids is 1. The molecular formula is C26H18BrN3O2. The fourth-order valence-corrected chi connectivity index (χ4v) is 4.23. The Morgan fingerprint density at radius 2 is 1.28 bits per heavy atom. The SMILES string of the molecule is Cc1cc(Br)c2nc3ccccc3nc2c1OC(=O)N(c1ccccc1)c1ccccc1. The Morgan fingerprint density at radius 3 is 1.84 bits per heavy atom. The van der Waals surface area contributed by atoms with Gasteiger partial charge in [-0.2, -0.15) is 0 Å². The number of hydrogen-bond acceptors (Lipinski definition) is 4. The van der Waals surface area contributed by atoms with Crippen molar-refractivity contribution < 1.29 is 9.53 Å². The monoisotopic (exact) mass is 483 g/mol. The molecule has 1 amide bonds. The molecule has 32 heavy (non-hydrogen) atoms. The zero-order chi connectivity index (χ0) is 22.1. The van der Waals surface area contributed by atoms with Gasteiger partial charge in [-0.25, -0.2) is 19.7 Å². The van der Waals surface area contributed by atoms with Gasteiger partial charge < -0.3 is 4.74 Å². The summed E-state index contributed by atoms with van der Waals surface area (Å²) in [6.45, 7) is 1.89. The Hall–Kier alpha value is -3.77. The Kier molecular flexibility index (Phi) is 5.29. The molecule has 0 fully saturated rings. The minimum atomic E-state index is -0.524. The van der Waals surface area contributed by atoms with E-state index >= 15 is 0 Å². The molecular weight excluding hydrogens is 466 g/mol. The number of nitrogens with zero attached hydrogens (tertiary/aromatic N) is 3. The molecule has 5 aromatic rings. The summed E-state index contributed by atoms with van der Waals surface area (Å²) in [6.07, 6.45) is -0.524. The molecule has 0 unspecified atom stereocenters. The number of carbonyl (C=O) groups is 1. The molecule has 156 valence electrons. The normalized spacial score (nSPS) is 10.9. The van der Waals surface area contributed by atoms with Gasteiger partial charge in [-0.15, -0.1) is 0 Å². The van der Waals surface area contributed by atoms with Crippen LogP contribution in [0.2, 0.25) is 0 Å². The van der Waals surface area contributed by atoms with Gasteiger partial charge in [-0.3, -0.25) is 0 Å². The average Bonchev–Trinajstić information content (AvgIpc) is 2.82. The number of fused-ring (bicyclic) bond motifs is 2. The molecule has 0 aliphatic rings. The van der Waals surface area contributed by atoms with Crippen molar-refractivity contribution in [3.05, 3.63) is 101 Å². The van der Waals surface area contributed by atoms with E-state index in [0.717, 1.165) is 21.1 Å². The highest BCUT2D eigenvalue weighted by Gasteiger charge is 2.23. The number of para-hydroxylation sites is 4. The minimum absolute atomic E-state index is 0.392. The predicted molar refractivity (Wildman–Crippen MR) is 131 cm³/mol. The number of benzene rings is 4. The highest BCUT2D eigenvalue weighted by atomic mass is 79.9. The number of ether oxygens (including phenoxy) is 1. The van der Waals surface area contributed by atoms with E-state index in [1.165, 1.54) is 0 Å². The first kappa shape index (κ1) is 20.2. The largest absolute Gasteiger partial charge is 0.424 e. The second-order valence-corrected chi connectivity index (χ2v) is 8.14. The van der Waals surface area contributed by atoms with Crippen molar-refractivity contribution in [3.8, 4) is 5.75 Å². The van der Waals surface area contributed by atoms with Gasteiger partial charge in [-0.05, 0) is 70.9 Å². The molecule has 1 heterocycles. The topological polar surface area (TPSA) is 55.3 Å².